The lowest BCUT2D eigenvalue weighted by atomic mass is 10.2. The molecule has 0 saturated heterocycles. The molecular formula is C9H7N3S. The summed E-state index contributed by atoms with van der Waals surface area (Å²) in [5, 5.41) is 0. The van der Waals surface area contributed by atoms with Gasteiger partial charge in [-0.1, -0.05) is 18.3 Å². The van der Waals surface area contributed by atoms with Crippen LogP contribution in [0.1, 0.15) is 0 Å². The molecule has 0 saturated carbocycles. The molecule has 0 unspecified atom stereocenters. The summed E-state index contributed by atoms with van der Waals surface area (Å²) in [5.74, 6) is 0. The fourth-order valence-corrected chi connectivity index (χ4v) is 1.26. The van der Waals surface area contributed by atoms with E-state index in [2.05, 4.69) is 15.0 Å². The second-order valence-electron chi connectivity index (χ2n) is 2.51. The van der Waals surface area contributed by atoms with Crippen LogP contribution in [0.25, 0.3) is 11.3 Å². The Labute approximate surface area is 80.5 Å². The van der Waals surface area contributed by atoms with Crippen molar-refractivity contribution in [2.75, 3.05) is 0 Å². The second-order valence-corrected chi connectivity index (χ2v) is 2.92. The number of nitrogens with zero attached hydrogens (tertiary/aromatic N) is 2. The van der Waals surface area contributed by atoms with E-state index in [0.29, 0.717) is 4.64 Å². The minimum Gasteiger partial charge on any atom is -0.337 e. The number of aromatic amines is 1. The zero-order valence-electron chi connectivity index (χ0n) is 6.77. The first-order chi connectivity index (χ1) is 6.38. The number of nitrogens with one attached hydrogen (secondary N) is 1. The lowest BCUT2D eigenvalue weighted by molar-refractivity contribution is 1.14. The Morgan fingerprint density at radius 2 is 2.23 bits per heavy atom. The minimum atomic E-state index is 0.661. The quantitative estimate of drug-likeness (QED) is 0.699. The van der Waals surface area contributed by atoms with Gasteiger partial charge in [0.05, 0.1) is 17.6 Å². The second kappa shape index (κ2) is 3.45. The van der Waals surface area contributed by atoms with Crippen molar-refractivity contribution in [3.8, 4) is 11.3 Å². The molecule has 0 aliphatic rings. The topological polar surface area (TPSA) is 41.6 Å². The van der Waals surface area contributed by atoms with E-state index in [1.165, 1.54) is 0 Å². The maximum absolute atomic E-state index is 5.10. The molecule has 3 nitrogen and oxygen atoms in total. The highest BCUT2D eigenvalue weighted by molar-refractivity contribution is 7.71. The molecule has 2 rings (SSSR count). The van der Waals surface area contributed by atoms with Gasteiger partial charge in [0.1, 0.15) is 4.64 Å². The van der Waals surface area contributed by atoms with Gasteiger partial charge in [-0.2, -0.15) is 0 Å². The first kappa shape index (κ1) is 8.07. The van der Waals surface area contributed by atoms with Gasteiger partial charge in [0.15, 0.2) is 0 Å². The summed E-state index contributed by atoms with van der Waals surface area (Å²) >= 11 is 5.10. The SMILES string of the molecule is S=c1[nH]cncc1-c1ccccn1. The maximum Gasteiger partial charge on any atom is 0.115 e. The van der Waals surface area contributed by atoms with E-state index in [0.717, 1.165) is 11.3 Å². The largest absolute Gasteiger partial charge is 0.337 e. The van der Waals surface area contributed by atoms with E-state index < -0.39 is 0 Å². The number of rotatable bonds is 1. The fraction of sp³-hybridized carbons (Fsp3) is 0. The van der Waals surface area contributed by atoms with Crippen LogP contribution in [0.15, 0.2) is 36.9 Å². The Bertz CT molecular complexity index is 450. The van der Waals surface area contributed by atoms with Crippen LogP contribution in [0.5, 0.6) is 0 Å². The van der Waals surface area contributed by atoms with Crippen LogP contribution < -0.4 is 0 Å². The smallest absolute Gasteiger partial charge is 0.115 e. The Morgan fingerprint density at radius 3 is 2.92 bits per heavy atom. The van der Waals surface area contributed by atoms with E-state index in [1.807, 2.05) is 18.2 Å². The molecule has 1 N–H and O–H groups in total. The predicted molar refractivity (Wildman–Crippen MR) is 52.7 cm³/mol. The minimum absolute atomic E-state index is 0.661. The highest BCUT2D eigenvalue weighted by atomic mass is 32.1. The van der Waals surface area contributed by atoms with Crippen molar-refractivity contribution >= 4 is 12.2 Å². The van der Waals surface area contributed by atoms with Gasteiger partial charge >= 0.3 is 0 Å². The third kappa shape index (κ3) is 1.62. The van der Waals surface area contributed by atoms with E-state index in [1.54, 1.807) is 18.7 Å². The van der Waals surface area contributed by atoms with Gasteiger partial charge in [-0.3, -0.25) is 4.98 Å². The molecule has 0 atom stereocenters. The summed E-state index contributed by atoms with van der Waals surface area (Å²) in [4.78, 5) is 11.0. The van der Waals surface area contributed by atoms with Crippen LogP contribution in [-0.2, 0) is 0 Å². The van der Waals surface area contributed by atoms with Crippen molar-refractivity contribution in [3.05, 3.63) is 41.6 Å². The van der Waals surface area contributed by atoms with Crippen LogP contribution >= 0.6 is 12.2 Å². The molecule has 0 amide bonds. The predicted octanol–water partition coefficient (Wildman–Crippen LogP) is 2.20. The summed E-state index contributed by atoms with van der Waals surface area (Å²) in [6.07, 6.45) is 5.01. The molecular weight excluding hydrogens is 182 g/mol. The molecule has 4 heteroatoms. The summed E-state index contributed by atoms with van der Waals surface area (Å²) in [7, 11) is 0. The molecule has 0 spiro atoms. The highest BCUT2D eigenvalue weighted by Crippen LogP contribution is 2.14. The summed E-state index contributed by atoms with van der Waals surface area (Å²) < 4.78 is 0.661. The molecule has 0 radical (unpaired) electrons. The monoisotopic (exact) mass is 189 g/mol. The van der Waals surface area contributed by atoms with Crippen molar-refractivity contribution in [3.63, 3.8) is 0 Å². The fourth-order valence-electron chi connectivity index (χ4n) is 1.05. The van der Waals surface area contributed by atoms with E-state index >= 15 is 0 Å². The molecule has 0 aromatic carbocycles. The zero-order valence-corrected chi connectivity index (χ0v) is 7.58. The van der Waals surface area contributed by atoms with Gasteiger partial charge in [0.25, 0.3) is 0 Å². The van der Waals surface area contributed by atoms with Gasteiger partial charge in [-0.05, 0) is 12.1 Å². The molecule has 2 aromatic heterocycles. The number of hydrogen-bond donors (Lipinski definition) is 1. The summed E-state index contributed by atoms with van der Waals surface area (Å²) in [6.45, 7) is 0. The average molecular weight is 189 g/mol. The standard InChI is InChI=1S/C9H7N3S/c13-9-7(5-10-6-12-9)8-3-1-2-4-11-8/h1-6H,(H,10,12,13). The number of pyridine rings is 1. The molecule has 2 heterocycles. The van der Waals surface area contributed by atoms with Crippen molar-refractivity contribution < 1.29 is 0 Å². The molecule has 0 aliphatic heterocycles. The summed E-state index contributed by atoms with van der Waals surface area (Å²) in [6, 6.07) is 5.69. The highest BCUT2D eigenvalue weighted by Gasteiger charge is 1.98. The van der Waals surface area contributed by atoms with Gasteiger partial charge in [0, 0.05) is 12.4 Å². The molecule has 0 fully saturated rings. The van der Waals surface area contributed by atoms with Crippen LogP contribution in [0.3, 0.4) is 0 Å². The Kier molecular flexibility index (Phi) is 2.14. The Hall–Kier alpha value is -1.55. The van der Waals surface area contributed by atoms with Crippen molar-refractivity contribution in [2.45, 2.75) is 0 Å². The van der Waals surface area contributed by atoms with Crippen LogP contribution in [-0.4, -0.2) is 15.0 Å². The van der Waals surface area contributed by atoms with Crippen LogP contribution in [0, 0.1) is 4.64 Å². The van der Waals surface area contributed by atoms with E-state index in [-0.39, 0.29) is 0 Å². The average Bonchev–Trinajstić information content (AvgIpc) is 2.20. The molecule has 0 bridgehead atoms. The maximum atomic E-state index is 5.10. The van der Waals surface area contributed by atoms with Crippen molar-refractivity contribution in [1.82, 2.24) is 15.0 Å². The third-order valence-electron chi connectivity index (χ3n) is 1.66. The van der Waals surface area contributed by atoms with Gasteiger partial charge < -0.3 is 4.98 Å². The van der Waals surface area contributed by atoms with E-state index in [4.69, 9.17) is 12.2 Å². The normalized spacial score (nSPS) is 9.85. The summed E-state index contributed by atoms with van der Waals surface area (Å²) in [5.41, 5.74) is 1.70. The van der Waals surface area contributed by atoms with Crippen LogP contribution in [0.2, 0.25) is 0 Å². The lowest BCUT2D eigenvalue weighted by Crippen LogP contribution is -1.86. The van der Waals surface area contributed by atoms with Crippen molar-refractivity contribution in [1.29, 1.82) is 0 Å². The first-order valence-electron chi connectivity index (χ1n) is 3.82. The van der Waals surface area contributed by atoms with Crippen molar-refractivity contribution in [2.24, 2.45) is 0 Å². The van der Waals surface area contributed by atoms with Gasteiger partial charge in [0.2, 0.25) is 0 Å². The Morgan fingerprint density at radius 1 is 1.31 bits per heavy atom. The third-order valence-corrected chi connectivity index (χ3v) is 2.00. The molecule has 2 aromatic rings. The zero-order chi connectivity index (χ0) is 9.10. The first-order valence-corrected chi connectivity index (χ1v) is 4.23. The number of H-pyrrole nitrogens is 1. The number of aromatic nitrogens is 3. The molecule has 13 heavy (non-hydrogen) atoms. The van der Waals surface area contributed by atoms with E-state index in [9.17, 15) is 0 Å². The van der Waals surface area contributed by atoms with Gasteiger partial charge in [-0.15, -0.1) is 0 Å². The molecule has 0 aliphatic carbocycles. The number of hydrogen-bond acceptors (Lipinski definition) is 3. The molecule has 64 valence electrons. The lowest BCUT2D eigenvalue weighted by Gasteiger charge is -1.97. The van der Waals surface area contributed by atoms with Crippen LogP contribution in [0.4, 0.5) is 0 Å². The van der Waals surface area contributed by atoms with Gasteiger partial charge in [-0.25, -0.2) is 4.98 Å². The Balaban J connectivity index is 2.60.